The Morgan fingerprint density at radius 3 is 2.48 bits per heavy atom. The Morgan fingerprint density at radius 1 is 1.21 bits per heavy atom. The van der Waals surface area contributed by atoms with Crippen LogP contribution in [0.5, 0.6) is 0 Å². The lowest BCUT2D eigenvalue weighted by Gasteiger charge is -2.27. The fourth-order valence-electron chi connectivity index (χ4n) is 3.82. The van der Waals surface area contributed by atoms with Crippen molar-refractivity contribution in [3.8, 4) is 6.07 Å². The largest absolute Gasteiger partial charge is 0.494 e. The number of Topliss-reactive ketones (excluding diaryl/α,β-unsaturated/α-hetero) is 1. The summed E-state index contributed by atoms with van der Waals surface area (Å²) in [6, 6.07) is 7.90. The molecule has 1 atom stereocenters. The van der Waals surface area contributed by atoms with E-state index in [2.05, 4.69) is 38.1 Å². The van der Waals surface area contributed by atoms with E-state index in [1.165, 1.54) is 0 Å². The molecule has 1 aliphatic carbocycles. The minimum atomic E-state index is -0.241. The maximum absolute atomic E-state index is 12.8. The summed E-state index contributed by atoms with van der Waals surface area (Å²) in [6.45, 7) is 12.4. The quantitative estimate of drug-likeness (QED) is 0.503. The van der Waals surface area contributed by atoms with Crippen molar-refractivity contribution in [3.05, 3.63) is 81.2 Å². The summed E-state index contributed by atoms with van der Waals surface area (Å²) < 4.78 is 6.14. The zero-order valence-electron chi connectivity index (χ0n) is 18.4. The summed E-state index contributed by atoms with van der Waals surface area (Å²) in [4.78, 5) is 12.8. The van der Waals surface area contributed by atoms with Gasteiger partial charge in [-0.2, -0.15) is 5.26 Å². The minimum Gasteiger partial charge on any atom is -0.494 e. The third-order valence-corrected chi connectivity index (χ3v) is 5.10. The summed E-state index contributed by atoms with van der Waals surface area (Å²) in [5.74, 6) is 0.656. The Kier molecular flexibility index (Phi) is 7.79. The van der Waals surface area contributed by atoms with Gasteiger partial charge in [0.05, 0.1) is 18.2 Å². The Bertz CT molecular complexity index is 947. The number of hydrogen-bond acceptors (Lipinski definition) is 3. The number of allylic oxidation sites excluding steroid dienone is 7. The highest BCUT2D eigenvalue weighted by Crippen LogP contribution is 2.41. The first-order chi connectivity index (χ1) is 13.8. The molecule has 0 heterocycles. The molecule has 0 radical (unpaired) electrons. The van der Waals surface area contributed by atoms with Gasteiger partial charge in [0.15, 0.2) is 5.78 Å². The third-order valence-electron chi connectivity index (χ3n) is 5.10. The first-order valence-electron chi connectivity index (χ1n) is 10.2. The number of ether oxygens (including phenoxy) is 1. The van der Waals surface area contributed by atoms with Crippen LogP contribution in [0.1, 0.15) is 70.1 Å². The molecule has 0 amide bonds. The normalized spacial score (nSPS) is 14.6. The highest BCUT2D eigenvalue weighted by molar-refractivity contribution is 5.96. The number of hydrogen-bond donors (Lipinski definition) is 0. The maximum Gasteiger partial charge on any atom is 0.156 e. The van der Waals surface area contributed by atoms with E-state index in [9.17, 15) is 10.1 Å². The van der Waals surface area contributed by atoms with Crippen LogP contribution in [0.3, 0.4) is 0 Å². The number of carbonyl (C=O) groups is 1. The third kappa shape index (κ3) is 5.35. The van der Waals surface area contributed by atoms with Gasteiger partial charge in [-0.05, 0) is 76.8 Å². The zero-order valence-corrected chi connectivity index (χ0v) is 18.4. The molecule has 1 aromatic carbocycles. The van der Waals surface area contributed by atoms with Crippen LogP contribution in [-0.4, -0.2) is 12.4 Å². The van der Waals surface area contributed by atoms with Crippen LogP contribution >= 0.6 is 0 Å². The second kappa shape index (κ2) is 10.1. The highest BCUT2D eigenvalue weighted by atomic mass is 16.5. The summed E-state index contributed by atoms with van der Waals surface area (Å²) in [5.41, 5.74) is 6.58. The average Bonchev–Trinajstić information content (AvgIpc) is 2.84. The Morgan fingerprint density at radius 2 is 1.93 bits per heavy atom. The number of ketones is 1. The first kappa shape index (κ1) is 22.4. The molecule has 1 aliphatic rings. The van der Waals surface area contributed by atoms with Gasteiger partial charge < -0.3 is 4.74 Å². The average molecular weight is 390 g/mol. The van der Waals surface area contributed by atoms with Crippen LogP contribution in [0.15, 0.2) is 64.5 Å². The number of aryl methyl sites for hydroxylation is 1. The van der Waals surface area contributed by atoms with E-state index in [1.54, 1.807) is 6.92 Å². The molecule has 3 heteroatoms. The van der Waals surface area contributed by atoms with Gasteiger partial charge in [0.2, 0.25) is 0 Å². The van der Waals surface area contributed by atoms with Gasteiger partial charge in [-0.1, -0.05) is 36.3 Å². The van der Waals surface area contributed by atoms with Crippen molar-refractivity contribution >= 4 is 5.78 Å². The van der Waals surface area contributed by atoms with Crippen LogP contribution in [0.2, 0.25) is 0 Å². The minimum absolute atomic E-state index is 0.0559. The molecule has 1 unspecified atom stereocenters. The molecule has 0 fully saturated rings. The van der Waals surface area contributed by atoms with Gasteiger partial charge in [-0.25, -0.2) is 0 Å². The smallest absolute Gasteiger partial charge is 0.156 e. The predicted octanol–water partition coefficient (Wildman–Crippen LogP) is 6.46. The van der Waals surface area contributed by atoms with Gasteiger partial charge in [0, 0.05) is 17.1 Å². The molecule has 0 spiro atoms. The molecule has 0 saturated heterocycles. The van der Waals surface area contributed by atoms with Crippen molar-refractivity contribution in [2.24, 2.45) is 0 Å². The maximum atomic E-state index is 12.8. The summed E-state index contributed by atoms with van der Waals surface area (Å²) in [5, 5.41) is 9.28. The molecule has 0 saturated carbocycles. The Balaban J connectivity index is 2.78. The Hall–Kier alpha value is -2.86. The van der Waals surface area contributed by atoms with Crippen LogP contribution in [0.4, 0.5) is 0 Å². The molecule has 3 nitrogen and oxygen atoms in total. The molecule has 0 N–H and O–H groups in total. The first-order valence-corrected chi connectivity index (χ1v) is 10.2. The van der Waals surface area contributed by atoms with Gasteiger partial charge in [-0.15, -0.1) is 0 Å². The van der Waals surface area contributed by atoms with Gasteiger partial charge >= 0.3 is 0 Å². The van der Waals surface area contributed by atoms with Gasteiger partial charge in [0.1, 0.15) is 5.76 Å². The summed E-state index contributed by atoms with van der Waals surface area (Å²) in [6.07, 6.45) is 8.13. The Labute approximate surface area is 175 Å². The van der Waals surface area contributed by atoms with Crippen molar-refractivity contribution in [2.75, 3.05) is 6.61 Å². The van der Waals surface area contributed by atoms with Crippen molar-refractivity contribution in [1.29, 1.82) is 5.26 Å². The number of nitrogens with zero attached hydrogens (tertiary/aromatic N) is 1. The molecule has 2 rings (SSSR count). The molecule has 0 aromatic heterocycles. The monoisotopic (exact) mass is 389 g/mol. The van der Waals surface area contributed by atoms with Crippen LogP contribution < -0.4 is 0 Å². The lowest BCUT2D eigenvalue weighted by atomic mass is 9.77. The standard InChI is InChI=1S/C26H31NO2/c1-7-13-29-24-10-8-9-18(4)14-23(24)26(25(17(2)3)20(6)28)22-12-11-21(16-27)15-19(22)5/h9-12,14-15,26H,7-8,13H2,1-6H3. The fourth-order valence-corrected chi connectivity index (χ4v) is 3.82. The second-order valence-corrected chi connectivity index (χ2v) is 7.79. The van der Waals surface area contributed by atoms with Crippen molar-refractivity contribution in [2.45, 2.75) is 60.3 Å². The van der Waals surface area contributed by atoms with E-state index in [0.717, 1.165) is 52.0 Å². The van der Waals surface area contributed by atoms with Gasteiger partial charge in [0.25, 0.3) is 0 Å². The van der Waals surface area contributed by atoms with Crippen LogP contribution in [0.25, 0.3) is 0 Å². The molecule has 152 valence electrons. The second-order valence-electron chi connectivity index (χ2n) is 7.79. The number of nitriles is 1. The highest BCUT2D eigenvalue weighted by Gasteiger charge is 2.30. The van der Waals surface area contributed by atoms with E-state index < -0.39 is 0 Å². The molecule has 1 aromatic rings. The van der Waals surface area contributed by atoms with E-state index >= 15 is 0 Å². The summed E-state index contributed by atoms with van der Waals surface area (Å²) >= 11 is 0. The van der Waals surface area contributed by atoms with Crippen molar-refractivity contribution in [3.63, 3.8) is 0 Å². The van der Waals surface area contributed by atoms with E-state index in [4.69, 9.17) is 4.74 Å². The predicted molar refractivity (Wildman–Crippen MR) is 118 cm³/mol. The van der Waals surface area contributed by atoms with Crippen molar-refractivity contribution in [1.82, 2.24) is 0 Å². The summed E-state index contributed by atoms with van der Waals surface area (Å²) in [7, 11) is 0. The number of rotatable bonds is 7. The lowest BCUT2D eigenvalue weighted by molar-refractivity contribution is -0.113. The van der Waals surface area contributed by atoms with E-state index in [-0.39, 0.29) is 11.7 Å². The lowest BCUT2D eigenvalue weighted by Crippen LogP contribution is -2.17. The molecule has 0 bridgehead atoms. The number of benzene rings is 1. The SMILES string of the molecule is CCCOC1=CCC=C(C)C=C1C(C(C(C)=O)=C(C)C)c1ccc(C#N)cc1C. The van der Waals surface area contributed by atoms with E-state index in [1.807, 2.05) is 39.0 Å². The zero-order chi connectivity index (χ0) is 21.6. The van der Waals surface area contributed by atoms with E-state index in [0.29, 0.717) is 12.2 Å². The van der Waals surface area contributed by atoms with Gasteiger partial charge in [-0.3, -0.25) is 4.79 Å². The van der Waals surface area contributed by atoms with Crippen LogP contribution in [0, 0.1) is 18.3 Å². The molecular weight excluding hydrogens is 358 g/mol. The van der Waals surface area contributed by atoms with Crippen molar-refractivity contribution < 1.29 is 9.53 Å². The molecular formula is C26H31NO2. The molecule has 29 heavy (non-hydrogen) atoms. The number of carbonyl (C=O) groups excluding carboxylic acids is 1. The van der Waals surface area contributed by atoms with Crippen LogP contribution in [-0.2, 0) is 9.53 Å². The molecule has 0 aliphatic heterocycles. The topological polar surface area (TPSA) is 50.1 Å². The fraction of sp³-hybridized carbons (Fsp3) is 0.385.